The van der Waals surface area contributed by atoms with Crippen molar-refractivity contribution < 1.29 is 0 Å². The summed E-state index contributed by atoms with van der Waals surface area (Å²) in [5.74, 6) is 0. The summed E-state index contributed by atoms with van der Waals surface area (Å²) in [5.41, 5.74) is 11.5. The average Bonchev–Trinajstić information content (AvgIpc) is 3.51. The maximum absolute atomic E-state index is 2.51. The molecule has 7 aromatic carbocycles. The van der Waals surface area contributed by atoms with Gasteiger partial charge in [0.05, 0.1) is 16.7 Å². The first kappa shape index (κ1) is 20.9. The zero-order chi connectivity index (χ0) is 25.5. The van der Waals surface area contributed by atoms with E-state index in [0.29, 0.717) is 0 Å². The second-order valence-electron chi connectivity index (χ2n) is 10.5. The Labute approximate surface area is 226 Å². The van der Waals surface area contributed by atoms with Crippen molar-refractivity contribution in [1.29, 1.82) is 0 Å². The SMILES string of the molecule is c1ccc(-n2c3ccccc3c3ccc4c(c32)-c2cccc3cccc-4c23)c(-c2ccc3ccccc3c2)c1. The van der Waals surface area contributed by atoms with Crippen molar-refractivity contribution in [3.63, 3.8) is 0 Å². The van der Waals surface area contributed by atoms with Gasteiger partial charge in [0, 0.05) is 21.9 Å². The standard InChI is InChI=1S/C38H23N/c1-2-10-26-23-27(20-19-24(26)9-1)28-13-3-5-17-34(28)39-35-18-6-4-14-29(35)32-22-21-31-30-15-7-11-25-12-8-16-33(36(25)30)37(31)38(32)39/h1-23H. The molecule has 0 N–H and O–H groups in total. The Morgan fingerprint density at radius 3 is 2.05 bits per heavy atom. The fraction of sp³-hybridized carbons (Fsp3) is 0. The lowest BCUT2D eigenvalue weighted by molar-refractivity contribution is 1.18. The van der Waals surface area contributed by atoms with Gasteiger partial charge in [-0.15, -0.1) is 0 Å². The Hall–Kier alpha value is -5.14. The molecular formula is C38H23N. The highest BCUT2D eigenvalue weighted by Gasteiger charge is 2.27. The molecule has 1 aromatic heterocycles. The van der Waals surface area contributed by atoms with Crippen molar-refractivity contribution in [2.24, 2.45) is 0 Å². The van der Waals surface area contributed by atoms with Crippen LogP contribution in [0.3, 0.4) is 0 Å². The van der Waals surface area contributed by atoms with Crippen LogP contribution < -0.4 is 0 Å². The number of benzene rings is 7. The molecule has 1 nitrogen and oxygen atoms in total. The quantitative estimate of drug-likeness (QED) is 0.226. The summed E-state index contributed by atoms with van der Waals surface area (Å²) in [7, 11) is 0. The molecule has 39 heavy (non-hydrogen) atoms. The van der Waals surface area contributed by atoms with Crippen LogP contribution in [0.15, 0.2) is 140 Å². The van der Waals surface area contributed by atoms with Crippen LogP contribution in [0, 0.1) is 0 Å². The monoisotopic (exact) mass is 493 g/mol. The molecule has 1 aliphatic rings. The second-order valence-corrected chi connectivity index (χ2v) is 10.5. The molecule has 1 aliphatic carbocycles. The van der Waals surface area contributed by atoms with Gasteiger partial charge in [-0.2, -0.15) is 0 Å². The minimum absolute atomic E-state index is 1.20. The van der Waals surface area contributed by atoms with E-state index < -0.39 is 0 Å². The Morgan fingerprint density at radius 2 is 1.13 bits per heavy atom. The summed E-state index contributed by atoms with van der Waals surface area (Å²) in [4.78, 5) is 0. The molecule has 0 unspecified atom stereocenters. The highest BCUT2D eigenvalue weighted by atomic mass is 15.0. The van der Waals surface area contributed by atoms with Gasteiger partial charge in [-0.05, 0) is 62.0 Å². The minimum atomic E-state index is 1.20. The van der Waals surface area contributed by atoms with Crippen LogP contribution >= 0.6 is 0 Å². The first-order chi connectivity index (χ1) is 19.4. The second kappa shape index (κ2) is 7.69. The van der Waals surface area contributed by atoms with Crippen molar-refractivity contribution >= 4 is 43.4 Å². The predicted molar refractivity (Wildman–Crippen MR) is 166 cm³/mol. The van der Waals surface area contributed by atoms with Gasteiger partial charge in [-0.1, -0.05) is 121 Å². The fourth-order valence-corrected chi connectivity index (χ4v) is 6.85. The van der Waals surface area contributed by atoms with E-state index in [0.717, 1.165) is 0 Å². The number of fused-ring (bicyclic) bond motifs is 8. The highest BCUT2D eigenvalue weighted by Crippen LogP contribution is 2.52. The first-order valence-electron chi connectivity index (χ1n) is 13.5. The van der Waals surface area contributed by atoms with Crippen LogP contribution in [0.4, 0.5) is 0 Å². The Morgan fingerprint density at radius 1 is 0.410 bits per heavy atom. The number of hydrogen-bond acceptors (Lipinski definition) is 0. The van der Waals surface area contributed by atoms with E-state index in [1.807, 2.05) is 0 Å². The van der Waals surface area contributed by atoms with Crippen molar-refractivity contribution in [3.05, 3.63) is 140 Å². The first-order valence-corrected chi connectivity index (χ1v) is 13.5. The summed E-state index contributed by atoms with van der Waals surface area (Å²) in [5, 5.41) is 7.76. The van der Waals surface area contributed by atoms with Gasteiger partial charge in [-0.3, -0.25) is 0 Å². The zero-order valence-corrected chi connectivity index (χ0v) is 21.2. The number of rotatable bonds is 2. The smallest absolute Gasteiger partial charge is 0.0626 e. The lowest BCUT2D eigenvalue weighted by Crippen LogP contribution is -1.98. The van der Waals surface area contributed by atoms with Gasteiger partial charge in [0.1, 0.15) is 0 Å². The van der Waals surface area contributed by atoms with Gasteiger partial charge in [0.25, 0.3) is 0 Å². The van der Waals surface area contributed by atoms with Gasteiger partial charge in [0.15, 0.2) is 0 Å². The van der Waals surface area contributed by atoms with Gasteiger partial charge < -0.3 is 4.57 Å². The summed E-state index contributed by atoms with van der Waals surface area (Å²) >= 11 is 0. The molecular weight excluding hydrogens is 470 g/mol. The van der Waals surface area contributed by atoms with Crippen molar-refractivity contribution in [2.45, 2.75) is 0 Å². The summed E-state index contributed by atoms with van der Waals surface area (Å²) in [6.07, 6.45) is 0. The van der Waals surface area contributed by atoms with Crippen molar-refractivity contribution in [2.75, 3.05) is 0 Å². The maximum Gasteiger partial charge on any atom is 0.0626 e. The molecule has 0 bridgehead atoms. The third-order valence-electron chi connectivity index (χ3n) is 8.51. The highest BCUT2D eigenvalue weighted by molar-refractivity contribution is 6.24. The molecule has 0 aliphatic heterocycles. The van der Waals surface area contributed by atoms with Crippen LogP contribution in [-0.2, 0) is 0 Å². The minimum Gasteiger partial charge on any atom is -0.308 e. The van der Waals surface area contributed by atoms with Crippen molar-refractivity contribution in [1.82, 2.24) is 4.57 Å². The van der Waals surface area contributed by atoms with Crippen LogP contribution in [0.1, 0.15) is 0 Å². The van der Waals surface area contributed by atoms with E-state index >= 15 is 0 Å². The number of nitrogens with zero attached hydrogens (tertiary/aromatic N) is 1. The van der Waals surface area contributed by atoms with E-state index in [-0.39, 0.29) is 0 Å². The normalized spacial score (nSPS) is 12.1. The molecule has 9 rings (SSSR count). The Kier molecular flexibility index (Phi) is 4.11. The van der Waals surface area contributed by atoms with Crippen LogP contribution in [-0.4, -0.2) is 4.57 Å². The lowest BCUT2D eigenvalue weighted by atomic mass is 9.98. The molecule has 0 spiro atoms. The summed E-state index contributed by atoms with van der Waals surface area (Å²) in [6.45, 7) is 0. The van der Waals surface area contributed by atoms with E-state index in [1.165, 1.54) is 82.4 Å². The molecule has 0 fully saturated rings. The van der Waals surface area contributed by atoms with Gasteiger partial charge in [-0.25, -0.2) is 0 Å². The van der Waals surface area contributed by atoms with E-state index in [9.17, 15) is 0 Å². The fourth-order valence-electron chi connectivity index (χ4n) is 6.85. The van der Waals surface area contributed by atoms with E-state index in [4.69, 9.17) is 0 Å². The molecule has 0 saturated carbocycles. The molecule has 0 radical (unpaired) electrons. The largest absolute Gasteiger partial charge is 0.308 e. The Bertz CT molecular complexity index is 2280. The molecule has 180 valence electrons. The third kappa shape index (κ3) is 2.79. The van der Waals surface area contributed by atoms with Gasteiger partial charge in [0.2, 0.25) is 0 Å². The predicted octanol–water partition coefficient (Wildman–Crippen LogP) is 10.4. The van der Waals surface area contributed by atoms with Crippen LogP contribution in [0.5, 0.6) is 0 Å². The summed E-state index contributed by atoms with van der Waals surface area (Å²) in [6, 6.07) is 51.2. The third-order valence-corrected chi connectivity index (χ3v) is 8.51. The number of para-hydroxylation sites is 2. The van der Waals surface area contributed by atoms with Crippen molar-refractivity contribution in [3.8, 4) is 39.1 Å². The lowest BCUT2D eigenvalue weighted by Gasteiger charge is -2.16. The topological polar surface area (TPSA) is 4.93 Å². The molecule has 0 amide bonds. The molecule has 8 aromatic rings. The zero-order valence-electron chi connectivity index (χ0n) is 21.2. The maximum atomic E-state index is 2.51. The van der Waals surface area contributed by atoms with Crippen LogP contribution in [0.25, 0.3) is 82.4 Å². The summed E-state index contributed by atoms with van der Waals surface area (Å²) < 4.78 is 2.51. The molecule has 0 atom stereocenters. The van der Waals surface area contributed by atoms with E-state index in [2.05, 4.69) is 144 Å². The Balaban J connectivity index is 1.43. The molecule has 1 heterocycles. The molecule has 0 saturated heterocycles. The number of hydrogen-bond donors (Lipinski definition) is 0. The average molecular weight is 494 g/mol. The van der Waals surface area contributed by atoms with E-state index in [1.54, 1.807) is 0 Å². The molecule has 1 heteroatoms. The van der Waals surface area contributed by atoms with Gasteiger partial charge >= 0.3 is 0 Å². The van der Waals surface area contributed by atoms with Crippen LogP contribution in [0.2, 0.25) is 0 Å². The number of aromatic nitrogens is 1.